The minimum atomic E-state index is -4.13. The highest BCUT2D eigenvalue weighted by atomic mass is 32.2. The maximum absolute atomic E-state index is 13.9. The van der Waals surface area contributed by atoms with Gasteiger partial charge in [-0.05, 0) is 42.0 Å². The van der Waals surface area contributed by atoms with Crippen molar-refractivity contribution in [2.24, 2.45) is 0 Å². The molecular weight excluding hydrogens is 515 g/mol. The first-order chi connectivity index (χ1) is 18.3. The Hall–Kier alpha value is -4.09. The third-order valence-electron chi connectivity index (χ3n) is 6.20. The number of hydrogen-bond acceptors (Lipinski definition) is 7. The number of aromatic nitrogens is 1. The molecule has 2 heterocycles. The summed E-state index contributed by atoms with van der Waals surface area (Å²) in [5, 5.41) is 0.635. The van der Waals surface area contributed by atoms with Gasteiger partial charge in [0.1, 0.15) is 19.0 Å². The van der Waals surface area contributed by atoms with Gasteiger partial charge in [-0.15, -0.1) is 0 Å². The number of hydrogen-bond donors (Lipinski definition) is 1. The first-order valence-corrected chi connectivity index (χ1v) is 13.1. The highest BCUT2D eigenvalue weighted by molar-refractivity contribution is 7.89. The fourth-order valence-corrected chi connectivity index (χ4v) is 5.66. The summed E-state index contributed by atoms with van der Waals surface area (Å²) in [6.07, 6.45) is 0. The molecule has 0 radical (unpaired) electrons. The zero-order chi connectivity index (χ0) is 26.9. The van der Waals surface area contributed by atoms with Crippen LogP contribution in [0.15, 0.2) is 70.4 Å². The van der Waals surface area contributed by atoms with E-state index >= 15 is 0 Å². The molecule has 4 aromatic rings. The van der Waals surface area contributed by atoms with Gasteiger partial charge in [-0.2, -0.15) is 4.31 Å². The predicted molar refractivity (Wildman–Crippen MR) is 138 cm³/mol. The first-order valence-electron chi connectivity index (χ1n) is 11.7. The molecule has 0 amide bonds. The number of rotatable bonds is 8. The lowest BCUT2D eigenvalue weighted by Crippen LogP contribution is -2.32. The quantitative estimate of drug-likeness (QED) is 0.362. The lowest BCUT2D eigenvalue weighted by molar-refractivity contribution is 0.171. The molecule has 1 N–H and O–H groups in total. The van der Waals surface area contributed by atoms with E-state index in [9.17, 15) is 17.6 Å². The van der Waals surface area contributed by atoms with E-state index in [1.807, 2.05) is 0 Å². The van der Waals surface area contributed by atoms with E-state index in [2.05, 4.69) is 4.98 Å². The molecule has 38 heavy (non-hydrogen) atoms. The van der Waals surface area contributed by atoms with Crippen LogP contribution in [0, 0.1) is 5.82 Å². The van der Waals surface area contributed by atoms with Gasteiger partial charge in [-0.25, -0.2) is 12.8 Å². The number of halogens is 1. The Morgan fingerprint density at radius 1 is 0.895 bits per heavy atom. The van der Waals surface area contributed by atoms with Gasteiger partial charge in [-0.1, -0.05) is 12.1 Å². The Morgan fingerprint density at radius 3 is 2.29 bits per heavy atom. The second-order valence-corrected chi connectivity index (χ2v) is 10.6. The first kappa shape index (κ1) is 25.6. The lowest BCUT2D eigenvalue weighted by atomic mass is 10.1. The van der Waals surface area contributed by atoms with Crippen LogP contribution in [-0.2, 0) is 23.1 Å². The maximum atomic E-state index is 13.9. The number of methoxy groups -OCH3 is 2. The van der Waals surface area contributed by atoms with Crippen molar-refractivity contribution in [2.75, 3.05) is 27.4 Å². The fourth-order valence-electron chi connectivity index (χ4n) is 4.24. The second-order valence-electron chi connectivity index (χ2n) is 8.62. The molecule has 3 aromatic carbocycles. The maximum Gasteiger partial charge on any atom is 0.252 e. The molecule has 9 nitrogen and oxygen atoms in total. The smallest absolute Gasteiger partial charge is 0.252 e. The average molecular weight is 541 g/mol. The molecule has 0 bridgehead atoms. The topological polar surface area (TPSA) is 107 Å². The molecule has 0 unspecified atom stereocenters. The molecule has 1 aliphatic rings. The van der Waals surface area contributed by atoms with Crippen molar-refractivity contribution in [3.8, 4) is 23.0 Å². The van der Waals surface area contributed by atoms with Crippen molar-refractivity contribution in [3.63, 3.8) is 0 Å². The van der Waals surface area contributed by atoms with Crippen molar-refractivity contribution < 1.29 is 31.8 Å². The van der Waals surface area contributed by atoms with E-state index in [0.29, 0.717) is 52.7 Å². The van der Waals surface area contributed by atoms with Gasteiger partial charge in [-0.3, -0.25) is 4.79 Å². The van der Waals surface area contributed by atoms with E-state index in [1.165, 1.54) is 54.9 Å². The zero-order valence-corrected chi connectivity index (χ0v) is 21.5. The highest BCUT2D eigenvalue weighted by Crippen LogP contribution is 2.34. The second kappa shape index (κ2) is 10.3. The van der Waals surface area contributed by atoms with E-state index in [4.69, 9.17) is 18.9 Å². The number of sulfonamides is 1. The van der Waals surface area contributed by atoms with Gasteiger partial charge >= 0.3 is 0 Å². The standard InChI is InChI=1S/C27H25FN2O7S/c1-34-24-12-18-11-19(27(31)29-22(18)14-25(24)35-2)16-30(15-17-3-5-20(28)6-4-17)38(32,33)21-7-8-23-26(13-21)37-10-9-36-23/h3-8,11-14H,9-10,15-16H2,1-2H3,(H,29,31). The van der Waals surface area contributed by atoms with Crippen LogP contribution in [0.1, 0.15) is 11.1 Å². The molecule has 11 heteroatoms. The molecule has 1 aliphatic heterocycles. The number of H-pyrrole nitrogens is 1. The summed E-state index contributed by atoms with van der Waals surface area (Å²) in [6, 6.07) is 14.9. The number of nitrogens with zero attached hydrogens (tertiary/aromatic N) is 1. The summed E-state index contributed by atoms with van der Waals surface area (Å²) in [5.41, 5.74) is 0.825. The minimum Gasteiger partial charge on any atom is -0.493 e. The number of aromatic amines is 1. The van der Waals surface area contributed by atoms with Crippen molar-refractivity contribution in [2.45, 2.75) is 18.0 Å². The van der Waals surface area contributed by atoms with Crippen LogP contribution in [0.3, 0.4) is 0 Å². The van der Waals surface area contributed by atoms with Gasteiger partial charge in [0.25, 0.3) is 5.56 Å². The van der Waals surface area contributed by atoms with E-state index in [0.717, 1.165) is 0 Å². The van der Waals surface area contributed by atoms with Crippen molar-refractivity contribution in [3.05, 3.63) is 88.0 Å². The van der Waals surface area contributed by atoms with Gasteiger partial charge in [0.05, 0.1) is 24.6 Å². The van der Waals surface area contributed by atoms with Crippen LogP contribution in [0.4, 0.5) is 4.39 Å². The monoisotopic (exact) mass is 540 g/mol. The third-order valence-corrected chi connectivity index (χ3v) is 7.98. The summed E-state index contributed by atoms with van der Waals surface area (Å²) in [4.78, 5) is 15.8. The minimum absolute atomic E-state index is 0.0208. The van der Waals surface area contributed by atoms with E-state index in [1.54, 1.807) is 24.3 Å². The fraction of sp³-hybridized carbons (Fsp3) is 0.222. The zero-order valence-electron chi connectivity index (χ0n) is 20.7. The molecule has 1 aromatic heterocycles. The molecular formula is C27H25FN2O7S. The Bertz CT molecular complexity index is 1650. The van der Waals surface area contributed by atoms with E-state index < -0.39 is 21.4 Å². The van der Waals surface area contributed by atoms with Gasteiger partial charge in [0, 0.05) is 36.2 Å². The third kappa shape index (κ3) is 5.02. The SMILES string of the molecule is COc1cc2cc(CN(Cc3ccc(F)cc3)S(=O)(=O)c3ccc4c(c3)OCCO4)c(=O)[nH]c2cc1OC. The Morgan fingerprint density at radius 2 is 1.58 bits per heavy atom. The Kier molecular flexibility index (Phi) is 6.96. The van der Waals surface area contributed by atoms with Crippen LogP contribution < -0.4 is 24.5 Å². The highest BCUT2D eigenvalue weighted by Gasteiger charge is 2.28. The van der Waals surface area contributed by atoms with Crippen LogP contribution in [-0.4, -0.2) is 45.1 Å². The summed E-state index contributed by atoms with van der Waals surface area (Å²) in [5.74, 6) is 1.25. The molecule has 0 aliphatic carbocycles. The molecule has 0 atom stereocenters. The number of pyridine rings is 1. The molecule has 198 valence electrons. The number of ether oxygens (including phenoxy) is 4. The van der Waals surface area contributed by atoms with Crippen molar-refractivity contribution >= 4 is 20.9 Å². The molecule has 0 spiro atoms. The molecule has 0 saturated heterocycles. The number of benzene rings is 3. The van der Waals surface area contributed by atoms with Gasteiger partial charge < -0.3 is 23.9 Å². The van der Waals surface area contributed by atoms with Crippen LogP contribution in [0.2, 0.25) is 0 Å². The van der Waals surface area contributed by atoms with Crippen LogP contribution in [0.25, 0.3) is 10.9 Å². The normalized spacial score (nSPS) is 13.1. The number of fused-ring (bicyclic) bond motifs is 2. The van der Waals surface area contributed by atoms with Crippen molar-refractivity contribution in [1.29, 1.82) is 0 Å². The Balaban J connectivity index is 1.57. The van der Waals surface area contributed by atoms with Crippen LogP contribution in [0.5, 0.6) is 23.0 Å². The molecule has 5 rings (SSSR count). The number of nitrogens with one attached hydrogen (secondary N) is 1. The van der Waals surface area contributed by atoms with Gasteiger partial charge in [0.15, 0.2) is 23.0 Å². The lowest BCUT2D eigenvalue weighted by Gasteiger charge is -2.24. The average Bonchev–Trinajstić information content (AvgIpc) is 2.93. The summed E-state index contributed by atoms with van der Waals surface area (Å²) in [6.45, 7) is 0.335. The van der Waals surface area contributed by atoms with Gasteiger partial charge in [0.2, 0.25) is 10.0 Å². The van der Waals surface area contributed by atoms with E-state index in [-0.39, 0.29) is 23.5 Å². The van der Waals surface area contributed by atoms with Crippen molar-refractivity contribution in [1.82, 2.24) is 9.29 Å². The summed E-state index contributed by atoms with van der Waals surface area (Å²) < 4.78 is 64.2. The molecule has 0 saturated carbocycles. The predicted octanol–water partition coefficient (Wildman–Crippen LogP) is 3.85. The Labute approximate surface area is 218 Å². The summed E-state index contributed by atoms with van der Waals surface area (Å²) in [7, 11) is -1.14. The largest absolute Gasteiger partial charge is 0.493 e. The van der Waals surface area contributed by atoms with Crippen LogP contribution >= 0.6 is 0 Å². The molecule has 0 fully saturated rings. The summed E-state index contributed by atoms with van der Waals surface area (Å²) >= 11 is 0.